The van der Waals surface area contributed by atoms with Crippen LogP contribution in [0.5, 0.6) is 0 Å². The molecule has 1 N–H and O–H groups in total. The molecule has 2 aromatic heterocycles. The van der Waals surface area contributed by atoms with Crippen LogP contribution in [0.3, 0.4) is 0 Å². The van der Waals surface area contributed by atoms with E-state index in [1.54, 1.807) is 41.7 Å². The summed E-state index contributed by atoms with van der Waals surface area (Å²) in [5, 5.41) is 3.61. The molecule has 1 saturated heterocycles. The minimum absolute atomic E-state index is 0.127. The van der Waals surface area contributed by atoms with E-state index in [2.05, 4.69) is 30.2 Å². The van der Waals surface area contributed by atoms with E-state index in [9.17, 15) is 4.79 Å². The van der Waals surface area contributed by atoms with E-state index in [0.717, 1.165) is 0 Å². The first-order valence-electron chi connectivity index (χ1n) is 8.86. The average Bonchev–Trinajstić information content (AvgIpc) is 2.76. The average molecular weight is 396 g/mol. The number of rotatable bonds is 4. The van der Waals surface area contributed by atoms with Gasteiger partial charge >= 0.3 is 0 Å². The van der Waals surface area contributed by atoms with Gasteiger partial charge in [0.05, 0.1) is 10.7 Å². The Hall–Kier alpha value is -3.26. The summed E-state index contributed by atoms with van der Waals surface area (Å²) in [7, 11) is 0. The van der Waals surface area contributed by atoms with Crippen molar-refractivity contribution < 1.29 is 4.79 Å². The third-order valence-electron chi connectivity index (χ3n) is 4.40. The fraction of sp³-hybridized carbons (Fsp3) is 0.211. The number of benzene rings is 1. The monoisotopic (exact) mass is 395 g/mol. The molecule has 142 valence electrons. The lowest BCUT2D eigenvalue weighted by Crippen LogP contribution is -2.49. The lowest BCUT2D eigenvalue weighted by molar-refractivity contribution is 0.0740. The molecule has 3 aromatic rings. The number of nitrogens with zero attached hydrogens (tertiary/aromatic N) is 6. The van der Waals surface area contributed by atoms with Gasteiger partial charge in [-0.3, -0.25) is 4.79 Å². The highest BCUT2D eigenvalue weighted by Gasteiger charge is 2.24. The highest BCUT2D eigenvalue weighted by Crippen LogP contribution is 2.23. The van der Waals surface area contributed by atoms with Gasteiger partial charge < -0.3 is 15.1 Å². The molecule has 1 amide bonds. The summed E-state index contributed by atoms with van der Waals surface area (Å²) in [5.41, 5.74) is 1.03. The van der Waals surface area contributed by atoms with Crippen LogP contribution in [0.2, 0.25) is 5.02 Å². The van der Waals surface area contributed by atoms with Gasteiger partial charge in [-0.2, -0.15) is 0 Å². The number of anilines is 3. The molecule has 0 atom stereocenters. The van der Waals surface area contributed by atoms with Crippen LogP contribution in [-0.2, 0) is 0 Å². The van der Waals surface area contributed by atoms with Crippen molar-refractivity contribution in [2.45, 2.75) is 0 Å². The Bertz CT molecular complexity index is 961. The van der Waals surface area contributed by atoms with Crippen LogP contribution in [0, 0.1) is 0 Å². The fourth-order valence-electron chi connectivity index (χ4n) is 2.95. The van der Waals surface area contributed by atoms with Gasteiger partial charge in [0.1, 0.15) is 5.69 Å². The minimum Gasteiger partial charge on any atom is -0.337 e. The number of halogens is 1. The zero-order valence-corrected chi connectivity index (χ0v) is 15.8. The number of hydrogen-bond donors (Lipinski definition) is 1. The van der Waals surface area contributed by atoms with Crippen LogP contribution in [0.1, 0.15) is 10.5 Å². The normalized spacial score (nSPS) is 14.0. The number of amides is 1. The minimum atomic E-state index is -0.127. The molecule has 28 heavy (non-hydrogen) atoms. The molecule has 4 rings (SSSR count). The maximum Gasteiger partial charge on any atom is 0.272 e. The second-order valence-corrected chi connectivity index (χ2v) is 6.61. The summed E-state index contributed by atoms with van der Waals surface area (Å²) in [4.78, 5) is 33.7. The van der Waals surface area contributed by atoms with Crippen molar-refractivity contribution in [3.63, 3.8) is 0 Å². The van der Waals surface area contributed by atoms with Gasteiger partial charge in [0.25, 0.3) is 5.91 Å². The van der Waals surface area contributed by atoms with Gasteiger partial charge in [-0.05, 0) is 24.3 Å². The quantitative estimate of drug-likeness (QED) is 0.726. The molecule has 0 bridgehead atoms. The first-order valence-corrected chi connectivity index (χ1v) is 9.24. The number of piperazine rings is 1. The third-order valence-corrected chi connectivity index (χ3v) is 4.73. The van der Waals surface area contributed by atoms with E-state index in [1.165, 1.54) is 0 Å². The molecule has 0 aliphatic carbocycles. The number of aromatic nitrogens is 4. The van der Waals surface area contributed by atoms with Crippen LogP contribution < -0.4 is 10.2 Å². The molecule has 8 nitrogen and oxygen atoms in total. The second kappa shape index (κ2) is 8.18. The number of para-hydroxylation sites is 1. The predicted octanol–water partition coefficient (Wildman–Crippen LogP) is 2.63. The number of hydrogen-bond acceptors (Lipinski definition) is 7. The van der Waals surface area contributed by atoms with E-state index < -0.39 is 0 Å². The fourth-order valence-corrected chi connectivity index (χ4v) is 3.13. The van der Waals surface area contributed by atoms with Crippen molar-refractivity contribution in [3.8, 4) is 0 Å². The SMILES string of the molecule is O=C(c1ccnc(Nc2ccccc2Cl)n1)N1CCN(c2ncccn2)CC1. The van der Waals surface area contributed by atoms with Gasteiger partial charge in [0, 0.05) is 44.8 Å². The molecule has 0 unspecified atom stereocenters. The Morgan fingerprint density at radius 1 is 0.929 bits per heavy atom. The Labute approximate surface area is 167 Å². The smallest absolute Gasteiger partial charge is 0.272 e. The number of nitrogens with one attached hydrogen (secondary N) is 1. The Morgan fingerprint density at radius 3 is 2.43 bits per heavy atom. The van der Waals surface area contributed by atoms with Crippen molar-refractivity contribution in [2.24, 2.45) is 0 Å². The van der Waals surface area contributed by atoms with Gasteiger partial charge in [0.2, 0.25) is 11.9 Å². The second-order valence-electron chi connectivity index (χ2n) is 6.20. The number of carbonyl (C=O) groups excluding carboxylic acids is 1. The molecule has 1 aliphatic heterocycles. The molecule has 1 fully saturated rings. The van der Waals surface area contributed by atoms with Crippen molar-refractivity contribution in [3.05, 3.63) is 65.7 Å². The molecule has 3 heterocycles. The summed E-state index contributed by atoms with van der Waals surface area (Å²) in [6.07, 6.45) is 5.00. The standard InChI is InChI=1S/C19H18ClN7O/c20-14-4-1-2-5-15(14)24-18-21-9-6-16(25-18)17(28)26-10-12-27(13-11-26)19-22-7-3-8-23-19/h1-9H,10-13H2,(H,21,24,25). The lowest BCUT2D eigenvalue weighted by Gasteiger charge is -2.34. The van der Waals surface area contributed by atoms with Crippen molar-refractivity contribution in [1.82, 2.24) is 24.8 Å². The van der Waals surface area contributed by atoms with E-state index >= 15 is 0 Å². The zero-order chi connectivity index (χ0) is 19.3. The molecule has 1 aromatic carbocycles. The molecular weight excluding hydrogens is 378 g/mol. The molecule has 0 saturated carbocycles. The zero-order valence-electron chi connectivity index (χ0n) is 15.0. The summed E-state index contributed by atoms with van der Waals surface area (Å²) in [6, 6.07) is 10.7. The molecule has 9 heteroatoms. The topological polar surface area (TPSA) is 87.1 Å². The highest BCUT2D eigenvalue weighted by molar-refractivity contribution is 6.33. The van der Waals surface area contributed by atoms with Crippen molar-refractivity contribution in [1.29, 1.82) is 0 Å². The Morgan fingerprint density at radius 2 is 1.68 bits per heavy atom. The molecule has 0 spiro atoms. The van der Waals surface area contributed by atoms with Gasteiger partial charge in [-0.1, -0.05) is 23.7 Å². The summed E-state index contributed by atoms with van der Waals surface area (Å²) >= 11 is 6.15. The summed E-state index contributed by atoms with van der Waals surface area (Å²) in [6.45, 7) is 2.50. The van der Waals surface area contributed by atoms with Gasteiger partial charge in [-0.25, -0.2) is 19.9 Å². The first kappa shape index (κ1) is 18.1. The first-order chi connectivity index (χ1) is 13.7. The van der Waals surface area contributed by atoms with E-state index in [1.807, 2.05) is 18.2 Å². The molecule has 1 aliphatic rings. The van der Waals surface area contributed by atoms with Crippen LogP contribution >= 0.6 is 11.6 Å². The van der Waals surface area contributed by atoms with Crippen LogP contribution in [0.25, 0.3) is 0 Å². The van der Waals surface area contributed by atoms with E-state index in [-0.39, 0.29) is 5.91 Å². The predicted molar refractivity (Wildman–Crippen MR) is 107 cm³/mol. The van der Waals surface area contributed by atoms with Crippen LogP contribution in [0.15, 0.2) is 55.0 Å². The van der Waals surface area contributed by atoms with Crippen LogP contribution in [0.4, 0.5) is 17.6 Å². The third kappa shape index (κ3) is 4.01. The Balaban J connectivity index is 1.42. The van der Waals surface area contributed by atoms with Gasteiger partial charge in [0.15, 0.2) is 0 Å². The van der Waals surface area contributed by atoms with Crippen LogP contribution in [-0.4, -0.2) is 56.9 Å². The van der Waals surface area contributed by atoms with Crippen molar-refractivity contribution in [2.75, 3.05) is 36.4 Å². The Kier molecular flexibility index (Phi) is 5.29. The number of carbonyl (C=O) groups is 1. The van der Waals surface area contributed by atoms with Gasteiger partial charge in [-0.15, -0.1) is 0 Å². The highest BCUT2D eigenvalue weighted by atomic mass is 35.5. The molecular formula is C19H18ClN7O. The largest absolute Gasteiger partial charge is 0.337 e. The summed E-state index contributed by atoms with van der Waals surface area (Å²) < 4.78 is 0. The lowest BCUT2D eigenvalue weighted by atomic mass is 10.2. The van der Waals surface area contributed by atoms with Crippen molar-refractivity contribution >= 4 is 35.1 Å². The summed E-state index contributed by atoms with van der Waals surface area (Å²) in [5.74, 6) is 0.886. The maximum absolute atomic E-state index is 12.8. The maximum atomic E-state index is 12.8. The molecule has 0 radical (unpaired) electrons. The van der Waals surface area contributed by atoms with E-state index in [0.29, 0.717) is 54.5 Å². The van der Waals surface area contributed by atoms with E-state index in [4.69, 9.17) is 11.6 Å².